The van der Waals surface area contributed by atoms with E-state index in [1.54, 1.807) is 0 Å². The number of hydrogen-bond acceptors (Lipinski definition) is 4. The van der Waals surface area contributed by atoms with Crippen molar-refractivity contribution in [3.05, 3.63) is 24.3 Å². The van der Waals surface area contributed by atoms with Gasteiger partial charge in [0.15, 0.2) is 7.37 Å². The van der Waals surface area contributed by atoms with E-state index in [4.69, 9.17) is 0 Å². The molecule has 6 heteroatoms. The maximum Gasteiger partial charge on any atom is 0.197 e. The summed E-state index contributed by atoms with van der Waals surface area (Å²) in [7, 11) is -2.95. The molecule has 0 amide bonds. The van der Waals surface area contributed by atoms with Gasteiger partial charge >= 0.3 is 0 Å². The monoisotopic (exact) mass is 412 g/mol. The van der Waals surface area contributed by atoms with Crippen molar-refractivity contribution >= 4 is 13.2 Å². The van der Waals surface area contributed by atoms with Crippen LogP contribution >= 0.6 is 7.37 Å². The van der Waals surface area contributed by atoms with Crippen molar-refractivity contribution < 1.29 is 24.5 Å². The first kappa shape index (κ1) is 23.5. The van der Waals surface area contributed by atoms with Crippen molar-refractivity contribution in [1.29, 1.82) is 0 Å². The molecule has 0 aromatic rings. The number of rotatable bonds is 11. The Morgan fingerprint density at radius 1 is 1.29 bits per heavy atom. The van der Waals surface area contributed by atoms with E-state index in [1.807, 2.05) is 24.3 Å². The van der Waals surface area contributed by atoms with Crippen LogP contribution in [0.1, 0.15) is 64.7 Å². The zero-order valence-corrected chi connectivity index (χ0v) is 18.2. The minimum atomic E-state index is -2.95. The van der Waals surface area contributed by atoms with E-state index >= 15 is 0 Å². The lowest BCUT2D eigenvalue weighted by atomic mass is 9.63. The molecule has 28 heavy (non-hydrogen) atoms. The van der Waals surface area contributed by atoms with Gasteiger partial charge < -0.3 is 15.1 Å². The van der Waals surface area contributed by atoms with Gasteiger partial charge in [-0.25, -0.2) is 0 Å². The molecule has 0 heterocycles. The molecular weight excluding hydrogens is 375 g/mol. The fourth-order valence-electron chi connectivity index (χ4n) is 4.56. The molecule has 0 aliphatic heterocycles. The first-order chi connectivity index (χ1) is 13.2. The Morgan fingerprint density at radius 3 is 2.57 bits per heavy atom. The van der Waals surface area contributed by atoms with Gasteiger partial charge in [0.1, 0.15) is 5.78 Å². The van der Waals surface area contributed by atoms with Crippen molar-refractivity contribution in [3.8, 4) is 0 Å². The van der Waals surface area contributed by atoms with Gasteiger partial charge in [-0.15, -0.1) is 0 Å². The topological polar surface area (TPSA) is 94.8 Å². The molecule has 0 spiro atoms. The van der Waals surface area contributed by atoms with Gasteiger partial charge in [-0.1, -0.05) is 37.6 Å². The number of Topliss-reactive ketones (excluding diaryl/α,β-unsaturated/α-hetero) is 1. The van der Waals surface area contributed by atoms with E-state index in [0.717, 1.165) is 19.3 Å². The van der Waals surface area contributed by atoms with Gasteiger partial charge in [-0.2, -0.15) is 0 Å². The predicted octanol–water partition coefficient (Wildman–Crippen LogP) is 4.07. The summed E-state index contributed by atoms with van der Waals surface area (Å²) in [6, 6.07) is 0. The highest BCUT2D eigenvalue weighted by Crippen LogP contribution is 2.47. The first-order valence-electron chi connectivity index (χ1n) is 10.7. The van der Waals surface area contributed by atoms with E-state index in [1.165, 1.54) is 13.1 Å². The number of unbranched alkanes of at least 4 members (excludes halogenated alkanes) is 1. The summed E-state index contributed by atoms with van der Waals surface area (Å²) in [6.45, 7) is 3.50. The standard InChI is InChI=1S/C22H37O5P/c1-3-22(13-9-14-22)21(25)12-8-11-18-17(19(23)16-20(18)24)10-6-4-5-7-15-28(2,26)27/h4,6,8,11,17-18,20-21,24-25H,3,5,7,9-10,12-16H2,1-2H3,(H,26,27)/b6-4-,11-8+/t17-,18-,20-,21?/m1/s1. The summed E-state index contributed by atoms with van der Waals surface area (Å²) in [6.07, 6.45) is 14.2. The molecule has 2 rings (SSSR count). The summed E-state index contributed by atoms with van der Waals surface area (Å²) in [5.74, 6) is -0.333. The number of aliphatic hydroxyl groups is 2. The fourth-order valence-corrected chi connectivity index (χ4v) is 5.33. The van der Waals surface area contributed by atoms with Crippen molar-refractivity contribution in [2.45, 2.75) is 76.9 Å². The number of aliphatic hydroxyl groups excluding tert-OH is 2. The van der Waals surface area contributed by atoms with Gasteiger partial charge in [0, 0.05) is 31.1 Å². The van der Waals surface area contributed by atoms with E-state index in [-0.39, 0.29) is 35.6 Å². The highest BCUT2D eigenvalue weighted by atomic mass is 31.2. The van der Waals surface area contributed by atoms with Crippen LogP contribution in [0.2, 0.25) is 0 Å². The Hall–Kier alpha value is -0.740. The molecule has 0 bridgehead atoms. The second-order valence-corrected chi connectivity index (χ2v) is 11.3. The Balaban J connectivity index is 1.84. The van der Waals surface area contributed by atoms with Crippen LogP contribution in [-0.2, 0) is 9.36 Å². The Bertz CT molecular complexity index is 611. The van der Waals surface area contributed by atoms with Gasteiger partial charge in [0.25, 0.3) is 0 Å². The molecule has 2 unspecified atom stereocenters. The minimum absolute atomic E-state index is 0.0631. The Morgan fingerprint density at radius 2 is 2.00 bits per heavy atom. The molecular formula is C22H37O5P. The molecule has 0 radical (unpaired) electrons. The maximum atomic E-state index is 12.3. The molecule has 2 aliphatic rings. The average Bonchev–Trinajstić information content (AvgIpc) is 2.83. The molecule has 2 fully saturated rings. The number of hydrogen-bond donors (Lipinski definition) is 3. The molecule has 2 aliphatic carbocycles. The third-order valence-electron chi connectivity index (χ3n) is 6.71. The number of ketones is 1. The van der Waals surface area contributed by atoms with Crippen molar-refractivity contribution in [2.75, 3.05) is 12.8 Å². The molecule has 0 saturated heterocycles. The molecule has 0 aromatic heterocycles. The van der Waals surface area contributed by atoms with Crippen LogP contribution in [0.3, 0.4) is 0 Å². The summed E-state index contributed by atoms with van der Waals surface area (Å²) < 4.78 is 11.3. The zero-order chi connectivity index (χ0) is 20.8. The molecule has 5 atom stereocenters. The lowest BCUT2D eigenvalue weighted by Crippen LogP contribution is -2.40. The first-order valence-corrected chi connectivity index (χ1v) is 13.0. The maximum absolute atomic E-state index is 12.3. The largest absolute Gasteiger partial charge is 0.392 e. The predicted molar refractivity (Wildman–Crippen MR) is 113 cm³/mol. The summed E-state index contributed by atoms with van der Waals surface area (Å²) in [5.41, 5.74) is 0.0631. The molecule has 0 aromatic carbocycles. The van der Waals surface area contributed by atoms with E-state index in [9.17, 15) is 24.5 Å². The molecule has 2 saturated carbocycles. The van der Waals surface area contributed by atoms with Gasteiger partial charge in [0.2, 0.25) is 0 Å². The van der Waals surface area contributed by atoms with Crippen LogP contribution < -0.4 is 0 Å². The van der Waals surface area contributed by atoms with Crippen LogP contribution in [-0.4, -0.2) is 45.9 Å². The molecule has 5 nitrogen and oxygen atoms in total. The van der Waals surface area contributed by atoms with Gasteiger partial charge in [-0.3, -0.25) is 9.36 Å². The van der Waals surface area contributed by atoms with E-state index < -0.39 is 13.5 Å². The zero-order valence-electron chi connectivity index (χ0n) is 17.3. The normalized spacial score (nSPS) is 30.6. The molecule has 3 N–H and O–H groups in total. The van der Waals surface area contributed by atoms with E-state index in [0.29, 0.717) is 31.8 Å². The second-order valence-electron chi connectivity index (χ2n) is 8.79. The number of carbonyl (C=O) groups is 1. The quantitative estimate of drug-likeness (QED) is 0.270. The summed E-state index contributed by atoms with van der Waals surface area (Å²) in [4.78, 5) is 21.5. The minimum Gasteiger partial charge on any atom is -0.392 e. The van der Waals surface area contributed by atoms with Crippen molar-refractivity contribution in [2.24, 2.45) is 17.3 Å². The summed E-state index contributed by atoms with van der Waals surface area (Å²) in [5, 5.41) is 20.8. The van der Waals surface area contributed by atoms with Crippen LogP contribution in [0, 0.1) is 17.3 Å². The SMILES string of the molecule is CCC1(C(O)C/C=C/[C@H]2[C@H](O)CC(=O)[C@@H]2C/C=C\CCCP(C)(=O)O)CCC1. The van der Waals surface area contributed by atoms with Crippen LogP contribution in [0.4, 0.5) is 0 Å². The fraction of sp³-hybridized carbons (Fsp3) is 0.773. The highest BCUT2D eigenvalue weighted by molar-refractivity contribution is 7.57. The lowest BCUT2D eigenvalue weighted by molar-refractivity contribution is -0.121. The van der Waals surface area contributed by atoms with Gasteiger partial charge in [-0.05, 0) is 50.4 Å². The van der Waals surface area contributed by atoms with Crippen LogP contribution in [0.5, 0.6) is 0 Å². The second kappa shape index (κ2) is 10.3. The average molecular weight is 413 g/mol. The van der Waals surface area contributed by atoms with Crippen LogP contribution in [0.15, 0.2) is 24.3 Å². The van der Waals surface area contributed by atoms with Gasteiger partial charge in [0.05, 0.1) is 12.2 Å². The highest BCUT2D eigenvalue weighted by Gasteiger charge is 2.42. The Kier molecular flexibility index (Phi) is 8.69. The van der Waals surface area contributed by atoms with E-state index in [2.05, 4.69) is 6.92 Å². The number of allylic oxidation sites excluding steroid dienone is 2. The summed E-state index contributed by atoms with van der Waals surface area (Å²) >= 11 is 0. The third kappa shape index (κ3) is 6.38. The molecule has 160 valence electrons. The Labute approximate surface area is 169 Å². The smallest absolute Gasteiger partial charge is 0.197 e. The third-order valence-corrected chi connectivity index (χ3v) is 7.86. The van der Waals surface area contributed by atoms with Crippen molar-refractivity contribution in [3.63, 3.8) is 0 Å². The number of carbonyl (C=O) groups excluding carboxylic acids is 1. The lowest BCUT2D eigenvalue weighted by Gasteiger charge is -2.45. The van der Waals surface area contributed by atoms with Crippen LogP contribution in [0.25, 0.3) is 0 Å². The van der Waals surface area contributed by atoms with Crippen molar-refractivity contribution in [1.82, 2.24) is 0 Å².